The monoisotopic (exact) mass is 514 g/mol. The van der Waals surface area contributed by atoms with E-state index >= 15 is 0 Å². The summed E-state index contributed by atoms with van der Waals surface area (Å²) in [4.78, 5) is 18.7. The van der Waals surface area contributed by atoms with Crippen LogP contribution in [0.3, 0.4) is 0 Å². The number of thiazole rings is 1. The molecule has 36 heavy (non-hydrogen) atoms. The Hall–Kier alpha value is -1.86. The van der Waals surface area contributed by atoms with E-state index in [2.05, 4.69) is 41.5 Å². The topological polar surface area (TPSA) is 62.7 Å². The van der Waals surface area contributed by atoms with Crippen LogP contribution >= 0.6 is 11.3 Å². The second-order valence-corrected chi connectivity index (χ2v) is 10.9. The first-order valence-corrected chi connectivity index (χ1v) is 13.7. The minimum absolute atomic E-state index is 0. The van der Waals surface area contributed by atoms with Gasteiger partial charge in [-0.2, -0.15) is 0 Å². The minimum atomic E-state index is -0.890. The van der Waals surface area contributed by atoms with Gasteiger partial charge in [-0.05, 0) is 86.4 Å². The van der Waals surface area contributed by atoms with Gasteiger partial charge in [-0.3, -0.25) is 0 Å². The Morgan fingerprint density at radius 1 is 1.03 bits per heavy atom. The molecule has 0 radical (unpaired) electrons. The zero-order chi connectivity index (χ0) is 24.2. The van der Waals surface area contributed by atoms with E-state index in [1.54, 1.807) is 23.5 Å². The zero-order valence-corrected chi connectivity index (χ0v) is 24.2. The summed E-state index contributed by atoms with van der Waals surface area (Å²) in [5.41, 5.74) is 3.53. The van der Waals surface area contributed by atoms with E-state index in [1.807, 2.05) is 12.1 Å². The molecule has 0 aliphatic heterocycles. The predicted octanol–water partition coefficient (Wildman–Crippen LogP) is 4.53. The van der Waals surface area contributed by atoms with Gasteiger partial charge in [-0.15, -0.1) is 11.3 Å². The second-order valence-electron chi connectivity index (χ2n) is 10.1. The fraction of sp³-hybridized carbons (Fsp3) is 0.448. The molecule has 5 nitrogen and oxygen atoms in total. The number of rotatable bonds is 8. The van der Waals surface area contributed by atoms with Crippen molar-refractivity contribution in [1.82, 2.24) is 4.98 Å². The maximum atomic E-state index is 11.2. The van der Waals surface area contributed by atoms with Gasteiger partial charge in [0.25, 0.3) is 0 Å². The van der Waals surface area contributed by atoms with Crippen LogP contribution < -0.4 is 39.2 Å². The molecule has 186 valence electrons. The molecule has 2 fully saturated rings. The number of aromatic carboxylic acids is 1. The van der Waals surface area contributed by atoms with Crippen molar-refractivity contribution >= 4 is 22.4 Å². The number of carbonyl (C=O) groups is 1. The van der Waals surface area contributed by atoms with Crippen LogP contribution in [0.1, 0.15) is 75.6 Å². The van der Waals surface area contributed by atoms with Gasteiger partial charge in [0.1, 0.15) is 5.75 Å². The van der Waals surface area contributed by atoms with Crippen LogP contribution in [0.25, 0.3) is 11.3 Å². The van der Waals surface area contributed by atoms with Crippen LogP contribution in [0.15, 0.2) is 53.9 Å². The van der Waals surface area contributed by atoms with E-state index in [0.717, 1.165) is 53.0 Å². The van der Waals surface area contributed by atoms with E-state index in [4.69, 9.17) is 9.72 Å². The number of aromatic nitrogens is 1. The van der Waals surface area contributed by atoms with Crippen molar-refractivity contribution in [2.45, 2.75) is 77.0 Å². The molecule has 5 rings (SSSR count). The number of hydrogen-bond acceptors (Lipinski definition) is 5. The molecule has 1 heterocycles. The summed E-state index contributed by atoms with van der Waals surface area (Å²) in [5, 5.41) is 12.4. The number of anilines is 1. The van der Waals surface area contributed by atoms with Crippen LogP contribution in [0, 0.1) is 5.92 Å². The van der Waals surface area contributed by atoms with Crippen LogP contribution in [-0.4, -0.2) is 28.2 Å². The van der Waals surface area contributed by atoms with Gasteiger partial charge in [0.05, 0.1) is 17.4 Å². The van der Waals surface area contributed by atoms with E-state index in [-0.39, 0.29) is 31.0 Å². The van der Waals surface area contributed by atoms with Gasteiger partial charge in [0.15, 0.2) is 5.13 Å². The molecule has 0 bridgehead atoms. The van der Waals surface area contributed by atoms with Gasteiger partial charge in [-0.25, -0.2) is 9.78 Å². The maximum absolute atomic E-state index is 11.2. The zero-order valence-electron chi connectivity index (χ0n) is 22.4. The first kappa shape index (κ1) is 27.2. The molecule has 0 unspecified atom stereocenters. The Morgan fingerprint density at radius 3 is 2.33 bits per heavy atom. The summed E-state index contributed by atoms with van der Waals surface area (Å²) in [5.74, 6) is 0.878. The van der Waals surface area contributed by atoms with Crippen LogP contribution in [0.4, 0.5) is 5.13 Å². The molecule has 2 saturated carbocycles. The van der Waals surface area contributed by atoms with Gasteiger partial charge in [0, 0.05) is 23.5 Å². The summed E-state index contributed by atoms with van der Waals surface area (Å²) in [7, 11) is 0. The summed E-state index contributed by atoms with van der Waals surface area (Å²) < 4.78 is 6.23. The number of carboxylic acids is 1. The van der Waals surface area contributed by atoms with Crippen LogP contribution in [0.5, 0.6) is 5.75 Å². The Morgan fingerprint density at radius 2 is 1.69 bits per heavy atom. The largest absolute Gasteiger partial charge is 1.00 e. The Bertz CT molecular complexity index is 1120. The molecule has 3 aromatic rings. The molecule has 1 aromatic heterocycles. The van der Waals surface area contributed by atoms with Crippen molar-refractivity contribution in [3.63, 3.8) is 0 Å². The Balaban J connectivity index is 0.00000190. The average molecular weight is 515 g/mol. The van der Waals surface area contributed by atoms with Crippen molar-refractivity contribution in [2.24, 2.45) is 5.92 Å². The van der Waals surface area contributed by atoms with E-state index in [0.29, 0.717) is 17.7 Å². The third-order valence-corrected chi connectivity index (χ3v) is 8.35. The predicted molar refractivity (Wildman–Crippen MR) is 143 cm³/mol. The SMILES string of the molecule is CC1CCC(Oc2ccc(-c3csc(N(Cc4ccc(C(=O)O)cc4)C4CCCC4)n3)cc2)CC1.[H-].[Na+]. The number of hydrogen-bond donors (Lipinski definition) is 1. The summed E-state index contributed by atoms with van der Waals surface area (Å²) >= 11 is 1.69. The van der Waals surface area contributed by atoms with E-state index in [9.17, 15) is 9.90 Å². The molecule has 2 aliphatic carbocycles. The van der Waals surface area contributed by atoms with Crippen molar-refractivity contribution < 1.29 is 45.6 Å². The van der Waals surface area contributed by atoms with Gasteiger partial charge < -0.3 is 16.2 Å². The Kier molecular flexibility index (Phi) is 9.51. The summed E-state index contributed by atoms with van der Waals surface area (Å²) in [6.45, 7) is 3.07. The minimum Gasteiger partial charge on any atom is -1.00 e. The van der Waals surface area contributed by atoms with Crippen LogP contribution in [0.2, 0.25) is 0 Å². The first-order valence-electron chi connectivity index (χ1n) is 12.9. The van der Waals surface area contributed by atoms with E-state index in [1.165, 1.54) is 38.5 Å². The van der Waals surface area contributed by atoms with Crippen molar-refractivity contribution in [3.05, 3.63) is 65.0 Å². The van der Waals surface area contributed by atoms with Crippen LogP contribution in [-0.2, 0) is 6.54 Å². The van der Waals surface area contributed by atoms with Gasteiger partial charge >= 0.3 is 35.5 Å². The fourth-order valence-electron chi connectivity index (χ4n) is 5.29. The molecule has 7 heteroatoms. The van der Waals surface area contributed by atoms with Gasteiger partial charge in [-0.1, -0.05) is 31.9 Å². The third-order valence-electron chi connectivity index (χ3n) is 7.47. The van der Waals surface area contributed by atoms with E-state index < -0.39 is 5.97 Å². The quantitative estimate of drug-likeness (QED) is 0.448. The van der Waals surface area contributed by atoms with Crippen molar-refractivity contribution in [3.8, 4) is 17.0 Å². The summed E-state index contributed by atoms with van der Waals surface area (Å²) in [6, 6.07) is 16.1. The molecular formula is C29H35N2NaO3S. The Labute approximate surface area is 241 Å². The van der Waals surface area contributed by atoms with Crippen molar-refractivity contribution in [1.29, 1.82) is 0 Å². The molecule has 0 saturated heterocycles. The number of benzene rings is 2. The molecule has 2 aromatic carbocycles. The number of nitrogens with zero attached hydrogens (tertiary/aromatic N) is 2. The molecule has 2 aliphatic rings. The standard InChI is InChI=1S/C29H34N2O3S.Na.H/c1-20-6-14-25(15-7-20)34-26-16-12-22(13-17-26)27-19-35-29(30-27)31(24-4-2-3-5-24)18-21-8-10-23(11-9-21)28(32)33;;/h8-13,16-17,19-20,24-25H,2-7,14-15,18H2,1H3,(H,32,33);;/q;+1;-1. The molecule has 1 N–H and O–H groups in total. The maximum Gasteiger partial charge on any atom is 1.00 e. The molecule has 0 spiro atoms. The number of carboxylic acid groups (broad SMARTS) is 1. The normalized spacial score (nSPS) is 20.0. The second kappa shape index (κ2) is 12.6. The van der Waals surface area contributed by atoms with Gasteiger partial charge in [0.2, 0.25) is 0 Å². The molecule has 0 amide bonds. The molecule has 0 atom stereocenters. The third kappa shape index (κ3) is 6.71. The smallest absolute Gasteiger partial charge is 1.00 e. The first-order chi connectivity index (χ1) is 17.0. The molecular weight excluding hydrogens is 479 g/mol. The average Bonchev–Trinajstić information content (AvgIpc) is 3.58. The van der Waals surface area contributed by atoms with Crippen molar-refractivity contribution in [2.75, 3.05) is 4.90 Å². The number of ether oxygens (including phenoxy) is 1. The summed E-state index contributed by atoms with van der Waals surface area (Å²) in [6.07, 6.45) is 9.99. The fourth-order valence-corrected chi connectivity index (χ4v) is 6.20.